The van der Waals surface area contributed by atoms with Gasteiger partial charge in [-0.15, -0.1) is 0 Å². The Balaban J connectivity index is 1.69. The molecule has 0 spiro atoms. The van der Waals surface area contributed by atoms with Crippen LogP contribution in [0.1, 0.15) is 21.7 Å². The maximum Gasteiger partial charge on any atom is 0.287 e. The van der Waals surface area contributed by atoms with E-state index in [1.807, 2.05) is 12.1 Å². The Kier molecular flexibility index (Phi) is 6.23. The molecule has 23 heavy (non-hydrogen) atoms. The van der Waals surface area contributed by atoms with Crippen molar-refractivity contribution >= 4 is 11.9 Å². The number of guanidine groups is 1. The van der Waals surface area contributed by atoms with Crippen molar-refractivity contribution in [3.63, 3.8) is 0 Å². The number of aliphatic imine (C=N–C) groups is 1. The standard InChI is InChI=1S/C17H22N4O2/c1-13-6-3-4-7-14(13)12-21-17(18-2)20-10-9-19-16(22)15-8-5-11-23-15/h3-8,11H,9-10,12H2,1-2H3,(H,19,22)(H2,18,20,21). The number of carbonyl (C=O) groups excluding carboxylic acids is 1. The Morgan fingerprint density at radius 3 is 2.57 bits per heavy atom. The van der Waals surface area contributed by atoms with Gasteiger partial charge in [0.05, 0.1) is 6.26 Å². The Bertz CT molecular complexity index is 650. The van der Waals surface area contributed by atoms with Crippen LogP contribution in [0.4, 0.5) is 0 Å². The van der Waals surface area contributed by atoms with Crippen LogP contribution in [0.15, 0.2) is 52.1 Å². The van der Waals surface area contributed by atoms with Crippen LogP contribution in [-0.2, 0) is 6.54 Å². The third-order valence-corrected chi connectivity index (χ3v) is 3.38. The Labute approximate surface area is 136 Å². The van der Waals surface area contributed by atoms with Crippen molar-refractivity contribution in [1.29, 1.82) is 0 Å². The van der Waals surface area contributed by atoms with Gasteiger partial charge in [0.25, 0.3) is 5.91 Å². The van der Waals surface area contributed by atoms with Gasteiger partial charge < -0.3 is 20.4 Å². The van der Waals surface area contributed by atoms with Crippen molar-refractivity contribution in [2.45, 2.75) is 13.5 Å². The number of hydrogen-bond acceptors (Lipinski definition) is 3. The monoisotopic (exact) mass is 314 g/mol. The summed E-state index contributed by atoms with van der Waals surface area (Å²) < 4.78 is 5.02. The first-order chi connectivity index (χ1) is 11.2. The van der Waals surface area contributed by atoms with E-state index in [4.69, 9.17) is 4.42 Å². The molecule has 0 aliphatic rings. The summed E-state index contributed by atoms with van der Waals surface area (Å²) in [5, 5.41) is 9.17. The van der Waals surface area contributed by atoms with Gasteiger partial charge >= 0.3 is 0 Å². The van der Waals surface area contributed by atoms with E-state index in [0.717, 1.165) is 0 Å². The van der Waals surface area contributed by atoms with Gasteiger partial charge in [-0.2, -0.15) is 0 Å². The summed E-state index contributed by atoms with van der Waals surface area (Å²) in [5.74, 6) is 0.784. The van der Waals surface area contributed by atoms with Gasteiger partial charge in [-0.05, 0) is 30.2 Å². The lowest BCUT2D eigenvalue weighted by atomic mass is 10.1. The van der Waals surface area contributed by atoms with E-state index in [2.05, 4.69) is 40.0 Å². The molecule has 6 heteroatoms. The fourth-order valence-electron chi connectivity index (χ4n) is 2.06. The number of benzene rings is 1. The van der Waals surface area contributed by atoms with E-state index < -0.39 is 0 Å². The first-order valence-electron chi connectivity index (χ1n) is 7.51. The second kappa shape index (κ2) is 8.63. The molecule has 122 valence electrons. The van der Waals surface area contributed by atoms with E-state index >= 15 is 0 Å². The van der Waals surface area contributed by atoms with Crippen molar-refractivity contribution in [1.82, 2.24) is 16.0 Å². The minimum atomic E-state index is -0.223. The highest BCUT2D eigenvalue weighted by Gasteiger charge is 2.07. The summed E-state index contributed by atoms with van der Waals surface area (Å²) in [6.45, 7) is 3.83. The van der Waals surface area contributed by atoms with Gasteiger partial charge in [0, 0.05) is 26.7 Å². The predicted molar refractivity (Wildman–Crippen MR) is 90.4 cm³/mol. The molecular formula is C17H22N4O2. The highest BCUT2D eigenvalue weighted by atomic mass is 16.3. The average molecular weight is 314 g/mol. The molecule has 1 amide bonds. The van der Waals surface area contributed by atoms with Crippen LogP contribution in [-0.4, -0.2) is 32.0 Å². The Morgan fingerprint density at radius 1 is 1.09 bits per heavy atom. The first-order valence-corrected chi connectivity index (χ1v) is 7.51. The molecule has 1 heterocycles. The second-order valence-electron chi connectivity index (χ2n) is 5.01. The van der Waals surface area contributed by atoms with Crippen molar-refractivity contribution in [3.05, 3.63) is 59.5 Å². The number of rotatable bonds is 6. The smallest absolute Gasteiger partial charge is 0.287 e. The molecule has 0 aliphatic carbocycles. The number of aryl methyl sites for hydroxylation is 1. The normalized spacial score (nSPS) is 11.1. The minimum absolute atomic E-state index is 0.223. The fourth-order valence-corrected chi connectivity index (χ4v) is 2.06. The van der Waals surface area contributed by atoms with Crippen LogP contribution < -0.4 is 16.0 Å². The van der Waals surface area contributed by atoms with E-state index in [-0.39, 0.29) is 5.91 Å². The topological polar surface area (TPSA) is 78.7 Å². The van der Waals surface area contributed by atoms with E-state index in [0.29, 0.717) is 31.4 Å². The second-order valence-corrected chi connectivity index (χ2v) is 5.01. The van der Waals surface area contributed by atoms with Gasteiger partial charge in [0.1, 0.15) is 0 Å². The lowest BCUT2D eigenvalue weighted by Crippen LogP contribution is -2.41. The van der Waals surface area contributed by atoms with Crippen molar-refractivity contribution in [2.24, 2.45) is 4.99 Å². The molecule has 0 saturated carbocycles. The predicted octanol–water partition coefficient (Wildman–Crippen LogP) is 1.68. The summed E-state index contributed by atoms with van der Waals surface area (Å²) >= 11 is 0. The van der Waals surface area contributed by atoms with Gasteiger partial charge in [-0.1, -0.05) is 24.3 Å². The van der Waals surface area contributed by atoms with Gasteiger partial charge in [0.15, 0.2) is 11.7 Å². The summed E-state index contributed by atoms with van der Waals surface area (Å²) in [6, 6.07) is 11.5. The van der Waals surface area contributed by atoms with E-state index in [1.165, 1.54) is 17.4 Å². The SMILES string of the molecule is CN=C(NCCNC(=O)c1ccco1)NCc1ccccc1C. The zero-order valence-electron chi connectivity index (χ0n) is 13.4. The molecule has 0 bridgehead atoms. The number of carbonyl (C=O) groups is 1. The Hall–Kier alpha value is -2.76. The van der Waals surface area contributed by atoms with Crippen LogP contribution in [0.2, 0.25) is 0 Å². The van der Waals surface area contributed by atoms with Crippen molar-refractivity contribution < 1.29 is 9.21 Å². The largest absolute Gasteiger partial charge is 0.459 e. The zero-order chi connectivity index (χ0) is 16.5. The molecule has 2 rings (SSSR count). The van der Waals surface area contributed by atoms with Crippen molar-refractivity contribution in [2.75, 3.05) is 20.1 Å². The number of furan rings is 1. The number of hydrogen-bond donors (Lipinski definition) is 3. The minimum Gasteiger partial charge on any atom is -0.459 e. The Morgan fingerprint density at radius 2 is 1.87 bits per heavy atom. The van der Waals surface area contributed by atoms with Crippen LogP contribution in [0.25, 0.3) is 0 Å². The summed E-state index contributed by atoms with van der Waals surface area (Å²) in [6.07, 6.45) is 1.48. The molecule has 0 saturated heterocycles. The van der Waals surface area contributed by atoms with Crippen molar-refractivity contribution in [3.8, 4) is 0 Å². The van der Waals surface area contributed by atoms with Crippen LogP contribution in [0.5, 0.6) is 0 Å². The van der Waals surface area contributed by atoms with Gasteiger partial charge in [-0.3, -0.25) is 9.79 Å². The highest BCUT2D eigenvalue weighted by molar-refractivity contribution is 5.91. The third kappa shape index (κ3) is 5.18. The van der Waals surface area contributed by atoms with E-state index in [9.17, 15) is 4.79 Å². The fraction of sp³-hybridized carbons (Fsp3) is 0.294. The van der Waals surface area contributed by atoms with Gasteiger partial charge in [0.2, 0.25) is 0 Å². The molecule has 0 radical (unpaired) electrons. The molecular weight excluding hydrogens is 292 g/mol. The third-order valence-electron chi connectivity index (χ3n) is 3.38. The van der Waals surface area contributed by atoms with Crippen LogP contribution in [0.3, 0.4) is 0 Å². The number of nitrogens with zero attached hydrogens (tertiary/aromatic N) is 1. The molecule has 2 aromatic rings. The molecule has 0 fully saturated rings. The highest BCUT2D eigenvalue weighted by Crippen LogP contribution is 2.05. The van der Waals surface area contributed by atoms with Crippen LogP contribution in [0, 0.1) is 6.92 Å². The average Bonchev–Trinajstić information content (AvgIpc) is 3.10. The molecule has 1 aromatic heterocycles. The summed E-state index contributed by atoms with van der Waals surface area (Å²) in [7, 11) is 1.72. The molecule has 0 aliphatic heterocycles. The molecule has 1 aromatic carbocycles. The molecule has 3 N–H and O–H groups in total. The maximum absolute atomic E-state index is 11.7. The summed E-state index contributed by atoms with van der Waals surface area (Å²) in [5.41, 5.74) is 2.46. The lowest BCUT2D eigenvalue weighted by Gasteiger charge is -2.13. The quantitative estimate of drug-likeness (QED) is 0.431. The molecule has 0 atom stereocenters. The van der Waals surface area contributed by atoms with Gasteiger partial charge in [-0.25, -0.2) is 0 Å². The lowest BCUT2D eigenvalue weighted by molar-refractivity contribution is 0.0926. The first kappa shape index (κ1) is 16.6. The molecule has 6 nitrogen and oxygen atoms in total. The molecule has 0 unspecified atom stereocenters. The maximum atomic E-state index is 11.7. The van der Waals surface area contributed by atoms with Crippen LogP contribution >= 0.6 is 0 Å². The zero-order valence-corrected chi connectivity index (χ0v) is 13.4. The van der Waals surface area contributed by atoms with E-state index in [1.54, 1.807) is 19.2 Å². The number of amides is 1. The summed E-state index contributed by atoms with van der Waals surface area (Å²) in [4.78, 5) is 15.9. The number of nitrogens with one attached hydrogen (secondary N) is 3.